The summed E-state index contributed by atoms with van der Waals surface area (Å²) in [5.41, 5.74) is 4.64. The second-order valence-electron chi connectivity index (χ2n) is 5.53. The van der Waals surface area contributed by atoms with Crippen molar-refractivity contribution in [2.24, 2.45) is 5.10 Å². The van der Waals surface area contributed by atoms with Gasteiger partial charge in [0.25, 0.3) is 0 Å². The maximum atomic E-state index is 6.03. The van der Waals surface area contributed by atoms with Crippen molar-refractivity contribution < 1.29 is 9.47 Å². The highest BCUT2D eigenvalue weighted by molar-refractivity contribution is 6.42. The Morgan fingerprint density at radius 2 is 1.93 bits per heavy atom. The lowest BCUT2D eigenvalue weighted by Gasteiger charge is -2.11. The van der Waals surface area contributed by atoms with E-state index < -0.39 is 0 Å². The van der Waals surface area contributed by atoms with E-state index >= 15 is 0 Å². The molecule has 0 unspecified atom stereocenters. The van der Waals surface area contributed by atoms with Gasteiger partial charge in [-0.1, -0.05) is 35.3 Å². The van der Waals surface area contributed by atoms with Crippen LogP contribution in [0.4, 0.5) is 5.82 Å². The van der Waals surface area contributed by atoms with Gasteiger partial charge in [0.2, 0.25) is 0 Å². The predicted molar refractivity (Wildman–Crippen MR) is 109 cm³/mol. The number of hydrogen-bond donors (Lipinski definition) is 1. The van der Waals surface area contributed by atoms with Crippen molar-refractivity contribution in [2.45, 2.75) is 6.61 Å². The Morgan fingerprint density at radius 1 is 1.04 bits per heavy atom. The van der Waals surface area contributed by atoms with Crippen LogP contribution in [0.15, 0.2) is 65.9 Å². The molecule has 0 saturated heterocycles. The Bertz CT molecular complexity index is 934. The van der Waals surface area contributed by atoms with Crippen LogP contribution in [0.1, 0.15) is 11.1 Å². The second-order valence-corrected chi connectivity index (χ2v) is 6.35. The first-order valence-electron chi connectivity index (χ1n) is 8.10. The normalized spacial score (nSPS) is 10.8. The molecule has 0 fully saturated rings. The van der Waals surface area contributed by atoms with E-state index in [4.69, 9.17) is 32.7 Å². The van der Waals surface area contributed by atoms with Gasteiger partial charge in [-0.2, -0.15) is 5.10 Å². The molecule has 1 aromatic heterocycles. The van der Waals surface area contributed by atoms with Gasteiger partial charge < -0.3 is 9.47 Å². The van der Waals surface area contributed by atoms with Crippen molar-refractivity contribution in [1.29, 1.82) is 0 Å². The lowest BCUT2D eigenvalue weighted by Crippen LogP contribution is -1.99. The van der Waals surface area contributed by atoms with Gasteiger partial charge >= 0.3 is 0 Å². The van der Waals surface area contributed by atoms with Crippen molar-refractivity contribution in [3.8, 4) is 11.5 Å². The Balaban J connectivity index is 1.65. The number of hydrogen-bond acceptors (Lipinski definition) is 5. The number of aromatic nitrogens is 1. The third-order valence-corrected chi connectivity index (χ3v) is 4.36. The zero-order chi connectivity index (χ0) is 19.1. The van der Waals surface area contributed by atoms with Crippen LogP contribution in [0.2, 0.25) is 10.0 Å². The number of methoxy groups -OCH3 is 1. The summed E-state index contributed by atoms with van der Waals surface area (Å²) in [5.74, 6) is 1.90. The van der Waals surface area contributed by atoms with Crippen LogP contribution in [-0.2, 0) is 6.61 Å². The van der Waals surface area contributed by atoms with Crippen LogP contribution >= 0.6 is 23.2 Å². The Kier molecular flexibility index (Phi) is 6.52. The van der Waals surface area contributed by atoms with Crippen LogP contribution in [0.5, 0.6) is 11.5 Å². The number of benzene rings is 2. The molecule has 1 heterocycles. The van der Waals surface area contributed by atoms with Crippen molar-refractivity contribution in [2.75, 3.05) is 12.5 Å². The average molecular weight is 402 g/mol. The largest absolute Gasteiger partial charge is 0.493 e. The summed E-state index contributed by atoms with van der Waals surface area (Å²) in [4.78, 5) is 4.14. The molecule has 0 spiro atoms. The Hall–Kier alpha value is -2.76. The molecule has 138 valence electrons. The van der Waals surface area contributed by atoms with Crippen molar-refractivity contribution in [3.05, 3.63) is 82.0 Å². The monoisotopic (exact) mass is 401 g/mol. The molecule has 5 nitrogen and oxygen atoms in total. The van der Waals surface area contributed by atoms with Crippen LogP contribution in [0, 0.1) is 0 Å². The fourth-order valence-electron chi connectivity index (χ4n) is 2.28. The molecule has 0 aliphatic carbocycles. The molecule has 3 rings (SSSR count). The van der Waals surface area contributed by atoms with Crippen LogP contribution in [-0.4, -0.2) is 18.3 Å². The Labute approximate surface area is 167 Å². The lowest BCUT2D eigenvalue weighted by molar-refractivity contribution is 0.284. The zero-order valence-corrected chi connectivity index (χ0v) is 16.0. The minimum absolute atomic E-state index is 0.349. The molecule has 0 aliphatic rings. The van der Waals surface area contributed by atoms with E-state index in [1.807, 2.05) is 42.5 Å². The summed E-state index contributed by atoms with van der Waals surface area (Å²) in [7, 11) is 1.59. The SMILES string of the molecule is COc1cc(/C=N/Nc2ccccn2)ccc1OCc1ccc(Cl)c(Cl)c1. The molecule has 0 saturated carbocycles. The first kappa shape index (κ1) is 19.0. The number of anilines is 1. The maximum absolute atomic E-state index is 6.03. The highest BCUT2D eigenvalue weighted by Gasteiger charge is 2.07. The van der Waals surface area contributed by atoms with Crippen LogP contribution in [0.3, 0.4) is 0 Å². The maximum Gasteiger partial charge on any atom is 0.161 e. The van der Waals surface area contributed by atoms with Crippen molar-refractivity contribution in [1.82, 2.24) is 4.98 Å². The minimum Gasteiger partial charge on any atom is -0.493 e. The molecule has 0 aliphatic heterocycles. The van der Waals surface area contributed by atoms with Crippen molar-refractivity contribution in [3.63, 3.8) is 0 Å². The minimum atomic E-state index is 0.349. The molecule has 27 heavy (non-hydrogen) atoms. The lowest BCUT2D eigenvalue weighted by atomic mass is 10.2. The van der Waals surface area contributed by atoms with Crippen molar-refractivity contribution >= 4 is 35.2 Å². The quantitative estimate of drug-likeness (QED) is 0.424. The number of pyridine rings is 1. The third kappa shape index (κ3) is 5.36. The van der Waals surface area contributed by atoms with Gasteiger partial charge in [-0.3, -0.25) is 5.43 Å². The Morgan fingerprint density at radius 3 is 2.67 bits per heavy atom. The molecule has 7 heteroatoms. The van der Waals surface area contributed by atoms with Gasteiger partial charge in [0, 0.05) is 6.20 Å². The molecular formula is C20H17Cl2N3O2. The van der Waals surface area contributed by atoms with E-state index in [1.54, 1.807) is 31.7 Å². The first-order valence-corrected chi connectivity index (χ1v) is 8.86. The fourth-order valence-corrected chi connectivity index (χ4v) is 2.60. The molecule has 0 bridgehead atoms. The van der Waals surface area contributed by atoms with Crippen LogP contribution < -0.4 is 14.9 Å². The summed E-state index contributed by atoms with van der Waals surface area (Å²) in [6.45, 7) is 0.349. The van der Waals surface area contributed by atoms with E-state index in [1.165, 1.54) is 0 Å². The number of nitrogens with zero attached hydrogens (tertiary/aromatic N) is 2. The van der Waals surface area contributed by atoms with Crippen LogP contribution in [0.25, 0.3) is 0 Å². The second kappa shape index (κ2) is 9.26. The number of nitrogens with one attached hydrogen (secondary N) is 1. The third-order valence-electron chi connectivity index (χ3n) is 3.62. The zero-order valence-electron chi connectivity index (χ0n) is 14.5. The summed E-state index contributed by atoms with van der Waals surface area (Å²) in [5, 5.41) is 5.18. The van der Waals surface area contributed by atoms with Gasteiger partial charge in [0.05, 0.1) is 23.4 Å². The summed E-state index contributed by atoms with van der Waals surface area (Å²) >= 11 is 12.0. The van der Waals surface area contributed by atoms with E-state index in [0.29, 0.717) is 34.0 Å². The molecule has 1 N–H and O–H groups in total. The summed E-state index contributed by atoms with van der Waals surface area (Å²) in [6.07, 6.45) is 3.38. The summed E-state index contributed by atoms with van der Waals surface area (Å²) < 4.78 is 11.3. The fraction of sp³-hybridized carbons (Fsp3) is 0.100. The smallest absolute Gasteiger partial charge is 0.161 e. The highest BCUT2D eigenvalue weighted by atomic mass is 35.5. The molecule has 3 aromatic rings. The van der Waals surface area contributed by atoms with E-state index in [0.717, 1.165) is 11.1 Å². The van der Waals surface area contributed by atoms with Gasteiger partial charge in [-0.05, 0) is 53.6 Å². The predicted octanol–water partition coefficient (Wildman–Crippen LogP) is 5.42. The van der Waals surface area contributed by atoms with E-state index in [2.05, 4.69) is 15.5 Å². The molecule has 2 aromatic carbocycles. The van der Waals surface area contributed by atoms with Gasteiger partial charge in [-0.25, -0.2) is 4.98 Å². The molecule has 0 radical (unpaired) electrons. The van der Waals surface area contributed by atoms with E-state index in [9.17, 15) is 0 Å². The molecular weight excluding hydrogens is 385 g/mol. The number of hydrazone groups is 1. The first-order chi connectivity index (χ1) is 13.2. The standard InChI is InChI=1S/C20H17Cl2N3O2/c1-26-19-11-14(12-24-25-20-4-2-3-9-23-20)6-8-18(19)27-13-15-5-7-16(21)17(22)10-15/h2-12H,13H2,1H3,(H,23,25)/b24-12+. The summed E-state index contributed by atoms with van der Waals surface area (Å²) in [6, 6.07) is 16.5. The molecule has 0 amide bonds. The number of ether oxygens (including phenoxy) is 2. The van der Waals surface area contributed by atoms with E-state index in [-0.39, 0.29) is 0 Å². The molecule has 0 atom stereocenters. The number of halogens is 2. The highest BCUT2D eigenvalue weighted by Crippen LogP contribution is 2.29. The van der Waals surface area contributed by atoms with Gasteiger partial charge in [0.1, 0.15) is 12.4 Å². The average Bonchev–Trinajstić information content (AvgIpc) is 2.70. The number of rotatable bonds is 7. The van der Waals surface area contributed by atoms with Gasteiger partial charge in [0.15, 0.2) is 11.5 Å². The topological polar surface area (TPSA) is 55.7 Å². The van der Waals surface area contributed by atoms with Gasteiger partial charge in [-0.15, -0.1) is 0 Å².